The molecule has 0 unspecified atom stereocenters. The number of rotatable bonds is 9. The Morgan fingerprint density at radius 2 is 1.94 bits per heavy atom. The van der Waals surface area contributed by atoms with Gasteiger partial charge < -0.3 is 19.5 Å². The first-order valence-electron chi connectivity index (χ1n) is 10.1. The van der Waals surface area contributed by atoms with E-state index in [4.69, 9.17) is 20.6 Å². The number of ether oxygens (including phenoxy) is 3. The normalized spacial score (nSPS) is 14.2. The number of carbonyl (C=O) groups excluding carboxylic acids is 3. The van der Waals surface area contributed by atoms with Crippen LogP contribution in [0.3, 0.4) is 0 Å². The molecule has 34 heavy (non-hydrogen) atoms. The van der Waals surface area contributed by atoms with Crippen molar-refractivity contribution in [3.8, 4) is 29.6 Å². The summed E-state index contributed by atoms with van der Waals surface area (Å²) in [5.41, 5.74) is 1.12. The van der Waals surface area contributed by atoms with Crippen LogP contribution in [0.5, 0.6) is 17.2 Å². The van der Waals surface area contributed by atoms with Gasteiger partial charge >= 0.3 is 0 Å². The SMILES string of the molecule is C#CCOc1cc(Br)c(C=C2SC(=O)N(CC(=O)Nc3ccc(OCC)cc3)C2=O)cc1OC. The molecule has 8 nitrogen and oxygen atoms in total. The minimum absolute atomic E-state index is 0.0692. The van der Waals surface area contributed by atoms with E-state index in [9.17, 15) is 14.4 Å². The van der Waals surface area contributed by atoms with Gasteiger partial charge in [-0.3, -0.25) is 19.3 Å². The van der Waals surface area contributed by atoms with Gasteiger partial charge in [0, 0.05) is 10.2 Å². The maximum Gasteiger partial charge on any atom is 0.294 e. The summed E-state index contributed by atoms with van der Waals surface area (Å²) < 4.78 is 16.8. The zero-order valence-electron chi connectivity index (χ0n) is 18.4. The Morgan fingerprint density at radius 1 is 1.21 bits per heavy atom. The van der Waals surface area contributed by atoms with Gasteiger partial charge in [-0.2, -0.15) is 0 Å². The van der Waals surface area contributed by atoms with Crippen LogP contribution in [0.1, 0.15) is 12.5 Å². The molecule has 1 heterocycles. The molecule has 1 aliphatic heterocycles. The number of carbonyl (C=O) groups is 3. The van der Waals surface area contributed by atoms with Gasteiger partial charge in [0.2, 0.25) is 5.91 Å². The number of methoxy groups -OCH3 is 1. The quantitative estimate of drug-likeness (QED) is 0.365. The standard InChI is InChI=1S/C24H21BrN2O6S/c1-4-10-33-20-13-18(25)15(11-19(20)31-3)12-21-23(29)27(24(30)34-21)14-22(28)26-16-6-8-17(9-7-16)32-5-2/h1,6-9,11-13H,5,10,14H2,2-3H3,(H,26,28). The van der Waals surface area contributed by atoms with Crippen molar-refractivity contribution in [3.05, 3.63) is 51.3 Å². The van der Waals surface area contributed by atoms with Crippen LogP contribution in [-0.2, 0) is 9.59 Å². The predicted molar refractivity (Wildman–Crippen MR) is 134 cm³/mol. The average Bonchev–Trinajstić information content (AvgIpc) is 3.07. The van der Waals surface area contributed by atoms with Crippen molar-refractivity contribution in [2.45, 2.75) is 6.92 Å². The van der Waals surface area contributed by atoms with E-state index in [0.717, 1.165) is 16.7 Å². The lowest BCUT2D eigenvalue weighted by Gasteiger charge is -2.13. The molecular formula is C24H21BrN2O6S. The lowest BCUT2D eigenvalue weighted by atomic mass is 10.2. The van der Waals surface area contributed by atoms with Crippen LogP contribution in [0.15, 0.2) is 45.8 Å². The molecule has 0 aromatic heterocycles. The molecule has 3 amide bonds. The molecule has 2 aromatic carbocycles. The van der Waals surface area contributed by atoms with Crippen molar-refractivity contribution in [2.75, 3.05) is 32.2 Å². The summed E-state index contributed by atoms with van der Waals surface area (Å²) in [6, 6.07) is 10.1. The third-order valence-corrected chi connectivity index (χ3v) is 6.10. The molecule has 0 saturated carbocycles. The molecule has 1 saturated heterocycles. The molecule has 10 heteroatoms. The lowest BCUT2D eigenvalue weighted by Crippen LogP contribution is -2.36. The van der Waals surface area contributed by atoms with Crippen LogP contribution in [0.2, 0.25) is 0 Å². The fourth-order valence-corrected chi connectivity index (χ4v) is 4.24. The van der Waals surface area contributed by atoms with Gasteiger partial charge in [-0.15, -0.1) is 6.42 Å². The molecule has 176 valence electrons. The second-order valence-corrected chi connectivity index (χ2v) is 8.64. The van der Waals surface area contributed by atoms with Gasteiger partial charge in [-0.25, -0.2) is 0 Å². The third kappa shape index (κ3) is 6.12. The number of nitrogens with zero attached hydrogens (tertiary/aromatic N) is 1. The number of benzene rings is 2. The molecular weight excluding hydrogens is 524 g/mol. The minimum Gasteiger partial charge on any atom is -0.494 e. The topological polar surface area (TPSA) is 94.2 Å². The molecule has 0 radical (unpaired) electrons. The summed E-state index contributed by atoms with van der Waals surface area (Å²) >= 11 is 4.18. The molecule has 0 atom stereocenters. The first-order chi connectivity index (χ1) is 16.4. The van der Waals surface area contributed by atoms with Crippen molar-refractivity contribution < 1.29 is 28.6 Å². The first kappa shape index (κ1) is 25.2. The van der Waals surface area contributed by atoms with E-state index in [1.807, 2.05) is 6.92 Å². The van der Waals surface area contributed by atoms with Gasteiger partial charge in [-0.1, -0.05) is 21.9 Å². The summed E-state index contributed by atoms with van der Waals surface area (Å²) in [4.78, 5) is 38.8. The molecule has 1 N–H and O–H groups in total. The number of amides is 3. The Hall–Kier alpha value is -3.42. The zero-order valence-corrected chi connectivity index (χ0v) is 20.8. The molecule has 1 aliphatic rings. The maximum atomic E-state index is 12.8. The first-order valence-corrected chi connectivity index (χ1v) is 11.7. The zero-order chi connectivity index (χ0) is 24.7. The second-order valence-electron chi connectivity index (χ2n) is 6.79. The second kappa shape index (κ2) is 11.6. The van der Waals surface area contributed by atoms with Gasteiger partial charge in [0.25, 0.3) is 11.1 Å². The number of hydrogen-bond donors (Lipinski definition) is 1. The van der Waals surface area contributed by atoms with Crippen LogP contribution >= 0.6 is 27.7 Å². The summed E-state index contributed by atoms with van der Waals surface area (Å²) in [5.74, 6) is 2.85. The van der Waals surface area contributed by atoms with Crippen LogP contribution in [0.4, 0.5) is 10.5 Å². The van der Waals surface area contributed by atoms with Crippen molar-refractivity contribution in [1.82, 2.24) is 4.90 Å². The summed E-state index contributed by atoms with van der Waals surface area (Å²) in [6.07, 6.45) is 6.78. The van der Waals surface area contributed by atoms with E-state index in [1.165, 1.54) is 7.11 Å². The van der Waals surface area contributed by atoms with E-state index in [0.29, 0.717) is 39.6 Å². The largest absolute Gasteiger partial charge is 0.494 e. The van der Waals surface area contributed by atoms with Crippen molar-refractivity contribution in [1.29, 1.82) is 0 Å². The number of terminal acetylenes is 1. The molecule has 0 aliphatic carbocycles. The highest BCUT2D eigenvalue weighted by molar-refractivity contribution is 9.10. The number of imide groups is 1. The number of halogens is 1. The van der Waals surface area contributed by atoms with Crippen LogP contribution in [0, 0.1) is 12.3 Å². The Balaban J connectivity index is 1.71. The molecule has 0 spiro atoms. The number of hydrogen-bond acceptors (Lipinski definition) is 7. The van der Waals surface area contributed by atoms with Crippen molar-refractivity contribution in [3.63, 3.8) is 0 Å². The predicted octanol–water partition coefficient (Wildman–Crippen LogP) is 4.54. The van der Waals surface area contributed by atoms with Crippen LogP contribution < -0.4 is 19.5 Å². The van der Waals surface area contributed by atoms with Crippen LogP contribution in [-0.4, -0.2) is 48.8 Å². The monoisotopic (exact) mass is 544 g/mol. The van der Waals surface area contributed by atoms with E-state index >= 15 is 0 Å². The summed E-state index contributed by atoms with van der Waals surface area (Å²) in [6.45, 7) is 2.07. The molecule has 2 aromatic rings. The summed E-state index contributed by atoms with van der Waals surface area (Å²) in [7, 11) is 1.48. The average molecular weight is 545 g/mol. The molecule has 1 fully saturated rings. The lowest BCUT2D eigenvalue weighted by molar-refractivity contribution is -0.127. The van der Waals surface area contributed by atoms with Crippen molar-refractivity contribution >= 4 is 56.5 Å². The highest BCUT2D eigenvalue weighted by Crippen LogP contribution is 2.38. The number of thioether (sulfide) groups is 1. The van der Waals surface area contributed by atoms with Gasteiger partial charge in [0.1, 0.15) is 18.9 Å². The van der Waals surface area contributed by atoms with Gasteiger partial charge in [0.15, 0.2) is 11.5 Å². The smallest absolute Gasteiger partial charge is 0.294 e. The van der Waals surface area contributed by atoms with Gasteiger partial charge in [0.05, 0.1) is 18.6 Å². The Labute approximate surface area is 209 Å². The molecule has 3 rings (SSSR count). The highest BCUT2D eigenvalue weighted by atomic mass is 79.9. The number of anilines is 1. The van der Waals surface area contributed by atoms with E-state index in [-0.39, 0.29) is 11.5 Å². The van der Waals surface area contributed by atoms with Gasteiger partial charge in [-0.05, 0) is 66.7 Å². The number of nitrogens with one attached hydrogen (secondary N) is 1. The van der Waals surface area contributed by atoms with Crippen molar-refractivity contribution in [2.24, 2.45) is 0 Å². The molecule has 0 bridgehead atoms. The third-order valence-electron chi connectivity index (χ3n) is 4.50. The Bertz CT molecular complexity index is 1170. The van der Waals surface area contributed by atoms with Crippen LogP contribution in [0.25, 0.3) is 6.08 Å². The highest BCUT2D eigenvalue weighted by Gasteiger charge is 2.36. The fourth-order valence-electron chi connectivity index (χ4n) is 2.98. The minimum atomic E-state index is -0.560. The van der Waals surface area contributed by atoms with E-state index in [2.05, 4.69) is 27.2 Å². The van der Waals surface area contributed by atoms with E-state index < -0.39 is 23.6 Å². The maximum absolute atomic E-state index is 12.8. The van der Waals surface area contributed by atoms with E-state index in [1.54, 1.807) is 42.5 Å². The fraction of sp³-hybridized carbons (Fsp3) is 0.208. The Kier molecular flexibility index (Phi) is 8.62. The Morgan fingerprint density at radius 3 is 2.59 bits per heavy atom. The summed E-state index contributed by atoms with van der Waals surface area (Å²) in [5, 5.41) is 2.14.